The minimum absolute atomic E-state index is 0.0162. The first kappa shape index (κ1) is 15.4. The van der Waals surface area contributed by atoms with Crippen molar-refractivity contribution in [1.82, 2.24) is 9.78 Å². The lowest BCUT2D eigenvalue weighted by atomic mass is 10.2. The smallest absolute Gasteiger partial charge is 0.195 e. The van der Waals surface area contributed by atoms with E-state index in [1.165, 1.54) is 0 Å². The van der Waals surface area contributed by atoms with Crippen LogP contribution in [0.25, 0.3) is 0 Å². The van der Waals surface area contributed by atoms with Crippen molar-refractivity contribution in [2.45, 2.75) is 57.4 Å². The predicted octanol–water partition coefficient (Wildman–Crippen LogP) is 2.61. The minimum atomic E-state index is -2.89. The third-order valence-electron chi connectivity index (χ3n) is 3.44. The zero-order valence-corrected chi connectivity index (χ0v) is 13.9. The lowest BCUT2D eigenvalue weighted by molar-refractivity contribution is 0.629. The first-order valence-corrected chi connectivity index (χ1v) is 10.6. The van der Waals surface area contributed by atoms with Crippen molar-refractivity contribution in [1.29, 1.82) is 0 Å². The molecule has 104 valence electrons. The van der Waals surface area contributed by atoms with Gasteiger partial charge in [0.15, 0.2) is 13.3 Å². The molecule has 1 unspecified atom stereocenters. The Labute approximate surface area is 111 Å². The number of aryl methyl sites for hydroxylation is 1. The number of hydrogen-bond donors (Lipinski definition) is 1. The second-order valence-electron chi connectivity index (χ2n) is 5.98. The fourth-order valence-corrected chi connectivity index (χ4v) is 5.86. The normalized spacial score (nSPS) is 16.4. The molecule has 0 aliphatic carbocycles. The summed E-state index contributed by atoms with van der Waals surface area (Å²) in [6, 6.07) is 1.70. The molecule has 0 spiro atoms. The number of nitrogens with zero attached hydrogens (tertiary/aromatic N) is 3. The van der Waals surface area contributed by atoms with Crippen LogP contribution in [-0.4, -0.2) is 22.2 Å². The van der Waals surface area contributed by atoms with E-state index in [0.717, 1.165) is 6.54 Å². The number of rotatable bonds is 3. The molecule has 0 amide bonds. The van der Waals surface area contributed by atoms with Crippen LogP contribution >= 0.6 is 0 Å². The highest BCUT2D eigenvalue weighted by Gasteiger charge is 2.37. The maximum Gasteiger partial charge on any atom is 0.195 e. The summed E-state index contributed by atoms with van der Waals surface area (Å²) >= 11 is 0. The molecule has 0 radical (unpaired) electrons. The molecule has 0 saturated carbocycles. The van der Waals surface area contributed by atoms with Crippen LogP contribution in [0.5, 0.6) is 0 Å². The molecule has 1 rings (SSSR count). The topological polar surface area (TPSA) is 73.3 Å². The Hall–Kier alpha value is -0.663. The quantitative estimate of drug-likeness (QED) is 0.868. The third-order valence-corrected chi connectivity index (χ3v) is 10.8. The van der Waals surface area contributed by atoms with Crippen LogP contribution in [0.3, 0.4) is 0 Å². The first-order chi connectivity index (χ1) is 7.99. The molecular formula is C11H24N4OSSi. The Kier molecular flexibility index (Phi) is 4.09. The fourth-order valence-electron chi connectivity index (χ4n) is 1.20. The van der Waals surface area contributed by atoms with E-state index in [4.69, 9.17) is 5.14 Å². The second kappa shape index (κ2) is 4.79. The van der Waals surface area contributed by atoms with E-state index >= 15 is 0 Å². The Balaban J connectivity index is 3.25. The van der Waals surface area contributed by atoms with E-state index in [-0.39, 0.29) is 5.04 Å². The Morgan fingerprint density at radius 3 is 2.44 bits per heavy atom. The zero-order valence-electron chi connectivity index (χ0n) is 12.1. The Morgan fingerprint density at radius 2 is 2.06 bits per heavy atom. The second-order valence-corrected chi connectivity index (χ2v) is 12.9. The van der Waals surface area contributed by atoms with E-state index in [2.05, 4.69) is 43.0 Å². The van der Waals surface area contributed by atoms with Gasteiger partial charge in [0.05, 0.1) is 0 Å². The van der Waals surface area contributed by atoms with Crippen molar-refractivity contribution in [2.75, 3.05) is 0 Å². The van der Waals surface area contributed by atoms with Crippen LogP contribution < -0.4 is 5.14 Å². The minimum Gasteiger partial charge on any atom is -0.272 e. The van der Waals surface area contributed by atoms with Gasteiger partial charge in [-0.15, -0.1) is 0 Å². The number of nitrogens with two attached hydrogens (primary N) is 1. The molecule has 1 atom stereocenters. The lowest BCUT2D eigenvalue weighted by Crippen LogP contribution is -2.37. The molecule has 1 aromatic heterocycles. The summed E-state index contributed by atoms with van der Waals surface area (Å²) < 4.78 is 18.8. The van der Waals surface area contributed by atoms with Crippen LogP contribution in [0.1, 0.15) is 27.7 Å². The van der Waals surface area contributed by atoms with E-state index in [1.54, 1.807) is 16.9 Å². The van der Waals surface area contributed by atoms with Gasteiger partial charge in [-0.05, 0) is 31.1 Å². The van der Waals surface area contributed by atoms with E-state index < -0.39 is 18.2 Å². The zero-order chi connectivity index (χ0) is 14.2. The molecule has 0 aliphatic rings. The largest absolute Gasteiger partial charge is 0.272 e. The molecule has 7 heteroatoms. The van der Waals surface area contributed by atoms with Gasteiger partial charge in [0.1, 0.15) is 9.92 Å². The van der Waals surface area contributed by atoms with Gasteiger partial charge in [-0.1, -0.05) is 20.8 Å². The molecule has 0 bridgehead atoms. The van der Waals surface area contributed by atoms with Crippen molar-refractivity contribution >= 4 is 18.2 Å². The highest BCUT2D eigenvalue weighted by Crippen LogP contribution is 2.37. The molecule has 0 saturated heterocycles. The lowest BCUT2D eigenvalue weighted by Gasteiger charge is -2.32. The summed E-state index contributed by atoms with van der Waals surface area (Å²) in [5, 5.41) is 10.5. The van der Waals surface area contributed by atoms with Crippen LogP contribution in [0.15, 0.2) is 21.3 Å². The van der Waals surface area contributed by atoms with Gasteiger partial charge in [-0.25, -0.2) is 9.35 Å². The van der Waals surface area contributed by atoms with Crippen LogP contribution in [0.2, 0.25) is 18.1 Å². The number of aromatic nitrogens is 2. The summed E-state index contributed by atoms with van der Waals surface area (Å²) in [5.41, 5.74) is 0. The van der Waals surface area contributed by atoms with Gasteiger partial charge in [0.25, 0.3) is 0 Å². The van der Waals surface area contributed by atoms with Gasteiger partial charge in [0.2, 0.25) is 0 Å². The highest BCUT2D eigenvalue weighted by atomic mass is 32.2. The molecule has 0 aliphatic heterocycles. The summed E-state index contributed by atoms with van der Waals surface area (Å²) in [5.74, 6) is 0. The van der Waals surface area contributed by atoms with E-state index in [9.17, 15) is 4.21 Å². The summed E-state index contributed by atoms with van der Waals surface area (Å²) in [7, 11) is -4.93. The van der Waals surface area contributed by atoms with Crippen LogP contribution in [-0.2, 0) is 16.5 Å². The van der Waals surface area contributed by atoms with Crippen molar-refractivity contribution in [3.63, 3.8) is 0 Å². The van der Waals surface area contributed by atoms with Crippen LogP contribution in [0, 0.1) is 0 Å². The molecule has 0 aromatic carbocycles. The summed E-state index contributed by atoms with van der Waals surface area (Å²) in [6.07, 6.45) is 1.78. The molecule has 0 fully saturated rings. The van der Waals surface area contributed by atoms with Crippen molar-refractivity contribution in [3.05, 3.63) is 12.3 Å². The van der Waals surface area contributed by atoms with Gasteiger partial charge in [0, 0.05) is 12.7 Å². The first-order valence-electron chi connectivity index (χ1n) is 6.09. The fraction of sp³-hybridized carbons (Fsp3) is 0.727. The molecule has 1 heterocycles. The third kappa shape index (κ3) is 3.21. The van der Waals surface area contributed by atoms with Crippen molar-refractivity contribution in [3.8, 4) is 0 Å². The summed E-state index contributed by atoms with van der Waals surface area (Å²) in [4.78, 5) is 0. The standard InChI is InChI=1S/C11H24N4OSSi/c1-7-15-9-8-10(13-15)17(12,16)14-18(5,6)11(2,3)4/h8-9H,7H2,1-6H3,(H2,12,14,16). The number of hydrogen-bond acceptors (Lipinski definition) is 3. The van der Waals surface area contributed by atoms with Crippen molar-refractivity contribution < 1.29 is 4.21 Å². The molecular weight excluding hydrogens is 264 g/mol. The average molecular weight is 288 g/mol. The molecule has 1 aromatic rings. The Morgan fingerprint density at radius 1 is 1.50 bits per heavy atom. The molecule has 5 nitrogen and oxygen atoms in total. The summed E-state index contributed by atoms with van der Waals surface area (Å²) in [6.45, 7) is 13.2. The maximum atomic E-state index is 12.5. The Bertz CT molecular complexity index is 535. The van der Waals surface area contributed by atoms with E-state index in [1.807, 2.05) is 6.92 Å². The van der Waals surface area contributed by atoms with E-state index in [0.29, 0.717) is 5.03 Å². The predicted molar refractivity (Wildman–Crippen MR) is 78.1 cm³/mol. The van der Waals surface area contributed by atoms with Gasteiger partial charge in [-0.2, -0.15) is 5.10 Å². The highest BCUT2D eigenvalue weighted by molar-refractivity contribution is 7.92. The van der Waals surface area contributed by atoms with Gasteiger partial charge >= 0.3 is 0 Å². The monoisotopic (exact) mass is 288 g/mol. The van der Waals surface area contributed by atoms with Gasteiger partial charge in [-0.3, -0.25) is 8.71 Å². The van der Waals surface area contributed by atoms with Crippen LogP contribution in [0.4, 0.5) is 0 Å². The van der Waals surface area contributed by atoms with Gasteiger partial charge < -0.3 is 0 Å². The average Bonchev–Trinajstić information content (AvgIpc) is 2.62. The molecule has 2 N–H and O–H groups in total. The molecule has 18 heavy (non-hydrogen) atoms. The van der Waals surface area contributed by atoms with Crippen molar-refractivity contribution in [2.24, 2.45) is 9.17 Å². The maximum absolute atomic E-state index is 12.5. The SMILES string of the molecule is CCn1ccc(S(N)(=O)=N[Si](C)(C)C(C)(C)C)n1.